The molecule has 2 atom stereocenters. The predicted octanol–water partition coefficient (Wildman–Crippen LogP) is 5.51. The normalized spacial score (nSPS) is 17.2. The fourth-order valence-electron chi connectivity index (χ4n) is 4.41. The topological polar surface area (TPSA) is 49.9 Å². The Morgan fingerprint density at radius 1 is 1.00 bits per heavy atom. The van der Waals surface area contributed by atoms with Gasteiger partial charge >= 0.3 is 0 Å². The molecule has 1 aliphatic rings. The lowest BCUT2D eigenvalue weighted by Crippen LogP contribution is -2.48. The summed E-state index contributed by atoms with van der Waals surface area (Å²) >= 11 is 0. The smallest absolute Gasteiger partial charge is 0.265 e. The monoisotopic (exact) mass is 446 g/mol. The van der Waals surface area contributed by atoms with Gasteiger partial charge in [0.2, 0.25) is 5.91 Å². The van der Waals surface area contributed by atoms with Crippen molar-refractivity contribution in [3.8, 4) is 5.75 Å². The fraction of sp³-hybridized carbons (Fsp3) is 0.259. The van der Waals surface area contributed by atoms with Crippen molar-refractivity contribution in [2.24, 2.45) is 0 Å². The van der Waals surface area contributed by atoms with E-state index in [0.717, 1.165) is 16.9 Å². The summed E-state index contributed by atoms with van der Waals surface area (Å²) in [6, 6.07) is 22.5. The van der Waals surface area contributed by atoms with Crippen LogP contribution in [0.2, 0.25) is 0 Å². The summed E-state index contributed by atoms with van der Waals surface area (Å²) in [7, 11) is 0. The molecule has 170 valence electrons. The van der Waals surface area contributed by atoms with Gasteiger partial charge in [-0.05, 0) is 61.4 Å². The van der Waals surface area contributed by atoms with E-state index in [9.17, 15) is 14.0 Å². The van der Waals surface area contributed by atoms with Crippen molar-refractivity contribution in [3.63, 3.8) is 0 Å². The Labute approximate surface area is 193 Å². The van der Waals surface area contributed by atoms with Crippen LogP contribution in [-0.4, -0.2) is 24.5 Å². The van der Waals surface area contributed by atoms with Gasteiger partial charge in [-0.1, -0.05) is 43.3 Å². The largest absolute Gasteiger partial charge is 0.484 e. The van der Waals surface area contributed by atoms with E-state index in [0.29, 0.717) is 18.6 Å². The zero-order valence-electron chi connectivity index (χ0n) is 18.8. The Hall–Kier alpha value is -3.67. The molecule has 0 aliphatic carbocycles. The number of amides is 2. The Morgan fingerprint density at radius 2 is 1.67 bits per heavy atom. The molecule has 33 heavy (non-hydrogen) atoms. The van der Waals surface area contributed by atoms with E-state index in [1.807, 2.05) is 73.3 Å². The molecule has 0 saturated heterocycles. The molecule has 0 N–H and O–H groups in total. The molecule has 1 aliphatic heterocycles. The Kier molecular flexibility index (Phi) is 6.73. The van der Waals surface area contributed by atoms with E-state index in [1.165, 1.54) is 24.3 Å². The van der Waals surface area contributed by atoms with Crippen LogP contribution in [0.4, 0.5) is 15.8 Å². The molecule has 3 aromatic rings. The summed E-state index contributed by atoms with van der Waals surface area (Å²) in [6.45, 7) is 3.68. The molecule has 4 rings (SSSR count). The van der Waals surface area contributed by atoms with E-state index in [2.05, 4.69) is 0 Å². The van der Waals surface area contributed by atoms with Gasteiger partial charge in [0.25, 0.3) is 5.91 Å². The maximum Gasteiger partial charge on any atom is 0.265 e. The fourth-order valence-corrected chi connectivity index (χ4v) is 4.41. The minimum Gasteiger partial charge on any atom is -0.484 e. The number of rotatable bonds is 6. The number of ether oxygens (including phenoxy) is 1. The average Bonchev–Trinajstić information content (AvgIpc) is 2.84. The Bertz CT molecular complexity index is 1120. The van der Waals surface area contributed by atoms with E-state index < -0.39 is 0 Å². The van der Waals surface area contributed by atoms with Crippen LogP contribution in [0.3, 0.4) is 0 Å². The van der Waals surface area contributed by atoms with Gasteiger partial charge in [-0.25, -0.2) is 4.39 Å². The molecule has 3 aromatic carbocycles. The van der Waals surface area contributed by atoms with Crippen molar-refractivity contribution >= 4 is 23.2 Å². The first-order chi connectivity index (χ1) is 16.0. The molecular weight excluding hydrogens is 419 g/mol. The molecule has 0 radical (unpaired) electrons. The van der Waals surface area contributed by atoms with Gasteiger partial charge in [0.15, 0.2) is 6.61 Å². The number of anilines is 2. The second-order valence-electron chi connectivity index (χ2n) is 8.12. The average molecular weight is 447 g/mol. The second-order valence-corrected chi connectivity index (χ2v) is 8.12. The third-order valence-corrected chi connectivity index (χ3v) is 5.92. The molecule has 6 heteroatoms. The molecule has 0 spiro atoms. The quantitative estimate of drug-likeness (QED) is 0.501. The van der Waals surface area contributed by atoms with Crippen LogP contribution in [0.25, 0.3) is 0 Å². The number of hydrogen-bond acceptors (Lipinski definition) is 3. The lowest BCUT2D eigenvalue weighted by atomic mass is 9.89. The van der Waals surface area contributed by atoms with Crippen LogP contribution < -0.4 is 14.5 Å². The SMILES string of the molecule is CCC(=O)N1c2ccccc2[C@@H](N(C(=O)COc2ccc(F)cc2)c2ccccc2)C[C@H]1C. The highest BCUT2D eigenvalue weighted by molar-refractivity contribution is 5.98. The van der Waals surface area contributed by atoms with E-state index in [1.54, 1.807) is 4.90 Å². The molecule has 0 aromatic heterocycles. The molecule has 1 heterocycles. The highest BCUT2D eigenvalue weighted by Crippen LogP contribution is 2.42. The number of para-hydroxylation sites is 2. The van der Waals surface area contributed by atoms with Gasteiger partial charge in [0.05, 0.1) is 6.04 Å². The number of fused-ring (bicyclic) bond motifs is 1. The van der Waals surface area contributed by atoms with Crippen LogP contribution in [0, 0.1) is 5.82 Å². The van der Waals surface area contributed by atoms with Crippen molar-refractivity contribution in [2.75, 3.05) is 16.4 Å². The zero-order valence-corrected chi connectivity index (χ0v) is 18.8. The minimum absolute atomic E-state index is 0.0608. The maximum absolute atomic E-state index is 13.5. The summed E-state index contributed by atoms with van der Waals surface area (Å²) < 4.78 is 18.9. The lowest BCUT2D eigenvalue weighted by Gasteiger charge is -2.43. The second kappa shape index (κ2) is 9.86. The first kappa shape index (κ1) is 22.5. The third kappa shape index (κ3) is 4.75. The molecule has 0 saturated carbocycles. The highest BCUT2D eigenvalue weighted by atomic mass is 19.1. The summed E-state index contributed by atoms with van der Waals surface area (Å²) in [6.07, 6.45) is 1.01. The Balaban J connectivity index is 1.69. The molecule has 0 bridgehead atoms. The minimum atomic E-state index is -0.362. The van der Waals surface area contributed by atoms with Gasteiger partial charge in [-0.3, -0.25) is 9.59 Å². The van der Waals surface area contributed by atoms with Gasteiger partial charge in [0, 0.05) is 23.8 Å². The summed E-state index contributed by atoms with van der Waals surface area (Å²) in [5.74, 6) is -0.0908. The highest BCUT2D eigenvalue weighted by Gasteiger charge is 2.38. The third-order valence-electron chi connectivity index (χ3n) is 5.92. The maximum atomic E-state index is 13.5. The zero-order chi connectivity index (χ0) is 23.4. The van der Waals surface area contributed by atoms with Crippen molar-refractivity contribution < 1.29 is 18.7 Å². The molecule has 2 amide bonds. The van der Waals surface area contributed by atoms with Gasteiger partial charge < -0.3 is 14.5 Å². The van der Waals surface area contributed by atoms with Crippen molar-refractivity contribution in [2.45, 2.75) is 38.8 Å². The van der Waals surface area contributed by atoms with Gasteiger partial charge in [-0.15, -0.1) is 0 Å². The molecule has 5 nitrogen and oxygen atoms in total. The molecule has 0 unspecified atom stereocenters. The standard InChI is InChI=1S/C27H27FN2O3/c1-3-26(31)29-19(2)17-25(23-11-7-8-12-24(23)29)30(21-9-5-4-6-10-21)27(32)18-33-22-15-13-20(28)14-16-22/h4-16,19,25H,3,17-18H2,1-2H3/t19-,25+/m1/s1. The van der Waals surface area contributed by atoms with E-state index >= 15 is 0 Å². The number of benzene rings is 3. The first-order valence-electron chi connectivity index (χ1n) is 11.2. The van der Waals surface area contributed by atoms with Crippen LogP contribution in [0.15, 0.2) is 78.9 Å². The van der Waals surface area contributed by atoms with Crippen LogP contribution in [0.1, 0.15) is 38.3 Å². The number of halogens is 1. The molecular formula is C27H27FN2O3. The van der Waals surface area contributed by atoms with Crippen molar-refractivity contribution in [3.05, 3.63) is 90.2 Å². The van der Waals surface area contributed by atoms with Crippen LogP contribution in [-0.2, 0) is 9.59 Å². The van der Waals surface area contributed by atoms with Gasteiger partial charge in [0.1, 0.15) is 11.6 Å². The summed E-state index contributed by atoms with van der Waals surface area (Å²) in [4.78, 5) is 29.8. The summed E-state index contributed by atoms with van der Waals surface area (Å²) in [5, 5.41) is 0. The lowest BCUT2D eigenvalue weighted by molar-refractivity contribution is -0.121. The number of hydrogen-bond donors (Lipinski definition) is 0. The number of nitrogens with zero attached hydrogens (tertiary/aromatic N) is 2. The van der Waals surface area contributed by atoms with Crippen LogP contribution in [0.5, 0.6) is 5.75 Å². The molecule has 0 fully saturated rings. The van der Waals surface area contributed by atoms with E-state index in [-0.39, 0.29) is 36.3 Å². The van der Waals surface area contributed by atoms with E-state index in [4.69, 9.17) is 4.74 Å². The Morgan fingerprint density at radius 3 is 2.36 bits per heavy atom. The first-order valence-corrected chi connectivity index (χ1v) is 11.2. The van der Waals surface area contributed by atoms with Crippen molar-refractivity contribution in [1.29, 1.82) is 0 Å². The number of carbonyl (C=O) groups is 2. The predicted molar refractivity (Wildman–Crippen MR) is 127 cm³/mol. The summed E-state index contributed by atoms with van der Waals surface area (Å²) in [5.41, 5.74) is 2.52. The van der Waals surface area contributed by atoms with Gasteiger partial charge in [-0.2, -0.15) is 0 Å². The van der Waals surface area contributed by atoms with Crippen molar-refractivity contribution in [1.82, 2.24) is 0 Å². The van der Waals surface area contributed by atoms with Crippen LogP contribution >= 0.6 is 0 Å². The number of carbonyl (C=O) groups excluding carboxylic acids is 2.